The SMILES string of the molecule is C[C@@H]1CN(c2ccc(-c3ccc(Cl)cc3C#N)c(F)c2)C(=O)c2c(N)ncnc2O1. The first-order valence-corrected chi connectivity index (χ1v) is 9.35. The van der Waals surface area contributed by atoms with Gasteiger partial charge in [-0.05, 0) is 37.3 Å². The molecule has 2 aromatic carbocycles. The van der Waals surface area contributed by atoms with Gasteiger partial charge in [0.2, 0.25) is 5.88 Å². The van der Waals surface area contributed by atoms with Crippen LogP contribution < -0.4 is 15.4 Å². The molecule has 2 N–H and O–H groups in total. The lowest BCUT2D eigenvalue weighted by Crippen LogP contribution is -2.36. The van der Waals surface area contributed by atoms with Crippen molar-refractivity contribution in [2.75, 3.05) is 17.2 Å². The van der Waals surface area contributed by atoms with Gasteiger partial charge in [0.25, 0.3) is 5.91 Å². The van der Waals surface area contributed by atoms with Crippen molar-refractivity contribution in [3.63, 3.8) is 0 Å². The summed E-state index contributed by atoms with van der Waals surface area (Å²) in [4.78, 5) is 22.3. The first-order valence-electron chi connectivity index (χ1n) is 8.97. The number of benzene rings is 2. The summed E-state index contributed by atoms with van der Waals surface area (Å²) >= 11 is 5.93. The van der Waals surface area contributed by atoms with Crippen LogP contribution in [0.3, 0.4) is 0 Å². The third-order valence-electron chi connectivity index (χ3n) is 4.71. The fourth-order valence-corrected chi connectivity index (χ4v) is 3.50. The highest BCUT2D eigenvalue weighted by Gasteiger charge is 2.32. The minimum absolute atomic E-state index is 0.0129. The molecule has 0 unspecified atom stereocenters. The predicted molar refractivity (Wildman–Crippen MR) is 110 cm³/mol. The molecular weight excluding hydrogens is 409 g/mol. The molecule has 1 atom stereocenters. The summed E-state index contributed by atoms with van der Waals surface area (Å²) in [6.07, 6.45) is 0.811. The number of nitrogens with zero attached hydrogens (tertiary/aromatic N) is 4. The average Bonchev–Trinajstić information content (AvgIpc) is 2.84. The Morgan fingerprint density at radius 2 is 2.03 bits per heavy atom. The second kappa shape index (κ2) is 7.61. The molecule has 1 aliphatic rings. The number of nitriles is 1. The number of carbonyl (C=O) groups is 1. The summed E-state index contributed by atoms with van der Waals surface area (Å²) in [6.45, 7) is 1.93. The smallest absolute Gasteiger partial charge is 0.267 e. The molecule has 1 aromatic heterocycles. The minimum Gasteiger partial charge on any atom is -0.472 e. The zero-order valence-electron chi connectivity index (χ0n) is 15.8. The molecular formula is C21H15ClFN5O2. The van der Waals surface area contributed by atoms with Crippen molar-refractivity contribution in [1.29, 1.82) is 5.26 Å². The van der Waals surface area contributed by atoms with E-state index in [1.54, 1.807) is 25.1 Å². The van der Waals surface area contributed by atoms with Gasteiger partial charge in [0.05, 0.1) is 18.2 Å². The van der Waals surface area contributed by atoms with E-state index in [9.17, 15) is 10.1 Å². The lowest BCUT2D eigenvalue weighted by molar-refractivity contribution is 0.0988. The van der Waals surface area contributed by atoms with Crippen LogP contribution in [0.15, 0.2) is 42.7 Å². The number of nitrogens with two attached hydrogens (primary N) is 1. The van der Waals surface area contributed by atoms with E-state index in [2.05, 4.69) is 9.97 Å². The number of fused-ring (bicyclic) bond motifs is 1. The largest absolute Gasteiger partial charge is 0.472 e. The van der Waals surface area contributed by atoms with Crippen LogP contribution in [0, 0.1) is 17.1 Å². The second-order valence-electron chi connectivity index (χ2n) is 6.75. The van der Waals surface area contributed by atoms with Crippen molar-refractivity contribution in [3.05, 3.63) is 64.7 Å². The highest BCUT2D eigenvalue weighted by atomic mass is 35.5. The van der Waals surface area contributed by atoms with Gasteiger partial charge in [-0.3, -0.25) is 4.79 Å². The number of halogens is 2. The second-order valence-corrected chi connectivity index (χ2v) is 7.19. The third kappa shape index (κ3) is 3.40. The molecule has 0 saturated carbocycles. The van der Waals surface area contributed by atoms with E-state index < -0.39 is 17.8 Å². The highest BCUT2D eigenvalue weighted by molar-refractivity contribution is 6.30. The zero-order valence-corrected chi connectivity index (χ0v) is 16.5. The van der Waals surface area contributed by atoms with E-state index in [-0.39, 0.29) is 34.9 Å². The van der Waals surface area contributed by atoms with Crippen molar-refractivity contribution in [1.82, 2.24) is 9.97 Å². The molecule has 30 heavy (non-hydrogen) atoms. The van der Waals surface area contributed by atoms with Crippen molar-refractivity contribution in [2.24, 2.45) is 0 Å². The monoisotopic (exact) mass is 423 g/mol. The summed E-state index contributed by atoms with van der Waals surface area (Å²) in [7, 11) is 0. The van der Waals surface area contributed by atoms with E-state index in [4.69, 9.17) is 22.1 Å². The Kier molecular flexibility index (Phi) is 4.98. The van der Waals surface area contributed by atoms with Crippen LogP contribution in [-0.2, 0) is 0 Å². The number of hydrogen-bond donors (Lipinski definition) is 1. The Morgan fingerprint density at radius 3 is 2.77 bits per heavy atom. The molecule has 0 radical (unpaired) electrons. The molecule has 0 aliphatic carbocycles. The average molecular weight is 424 g/mol. The number of anilines is 2. The van der Waals surface area contributed by atoms with Crippen molar-refractivity contribution < 1.29 is 13.9 Å². The van der Waals surface area contributed by atoms with Gasteiger partial charge in [0.15, 0.2) is 0 Å². The molecule has 7 nitrogen and oxygen atoms in total. The van der Waals surface area contributed by atoms with Gasteiger partial charge in [0, 0.05) is 21.8 Å². The van der Waals surface area contributed by atoms with Crippen molar-refractivity contribution >= 4 is 29.0 Å². The summed E-state index contributed by atoms with van der Waals surface area (Å²) in [5.74, 6) is -0.987. The van der Waals surface area contributed by atoms with Crippen LogP contribution in [0.4, 0.5) is 15.9 Å². The maximum Gasteiger partial charge on any atom is 0.267 e. The lowest BCUT2D eigenvalue weighted by Gasteiger charge is -2.23. The van der Waals surface area contributed by atoms with Crippen molar-refractivity contribution in [3.8, 4) is 23.1 Å². The first kappa shape index (κ1) is 19.6. The van der Waals surface area contributed by atoms with E-state index in [0.717, 1.165) is 0 Å². The lowest BCUT2D eigenvalue weighted by atomic mass is 9.99. The van der Waals surface area contributed by atoms with Gasteiger partial charge in [-0.15, -0.1) is 0 Å². The van der Waals surface area contributed by atoms with Gasteiger partial charge >= 0.3 is 0 Å². The van der Waals surface area contributed by atoms with Crippen LogP contribution in [-0.4, -0.2) is 28.5 Å². The molecule has 0 bridgehead atoms. The van der Waals surface area contributed by atoms with E-state index in [1.807, 2.05) is 6.07 Å². The summed E-state index contributed by atoms with van der Waals surface area (Å²) in [6, 6.07) is 11.0. The van der Waals surface area contributed by atoms with Gasteiger partial charge in [0.1, 0.15) is 29.6 Å². The molecule has 9 heteroatoms. The van der Waals surface area contributed by atoms with Gasteiger partial charge < -0.3 is 15.4 Å². The fourth-order valence-electron chi connectivity index (χ4n) is 3.33. The zero-order chi connectivity index (χ0) is 21.4. The molecule has 1 aliphatic heterocycles. The number of ether oxygens (including phenoxy) is 1. The molecule has 1 amide bonds. The highest BCUT2D eigenvalue weighted by Crippen LogP contribution is 2.33. The molecule has 0 saturated heterocycles. The number of rotatable bonds is 2. The van der Waals surface area contributed by atoms with Gasteiger partial charge in [-0.2, -0.15) is 5.26 Å². The standard InChI is InChI=1S/C21H15ClFN5O2/c1-11-9-28(21(29)18-19(25)26-10-27-20(18)30-11)14-3-5-16(17(23)7-14)15-4-2-13(22)6-12(15)8-24/h2-7,10-11H,9H2,1H3,(H2,25,26,27)/t11-/m1/s1. The summed E-state index contributed by atoms with van der Waals surface area (Å²) < 4.78 is 20.7. The molecule has 3 aromatic rings. The maximum absolute atomic E-state index is 15.0. The number of nitrogen functional groups attached to an aromatic ring is 1. The van der Waals surface area contributed by atoms with E-state index >= 15 is 4.39 Å². The van der Waals surface area contributed by atoms with E-state index in [1.165, 1.54) is 29.4 Å². The van der Waals surface area contributed by atoms with Crippen LogP contribution in [0.25, 0.3) is 11.1 Å². The van der Waals surface area contributed by atoms with Crippen molar-refractivity contribution in [2.45, 2.75) is 13.0 Å². The molecule has 4 rings (SSSR count). The van der Waals surface area contributed by atoms with Crippen LogP contribution >= 0.6 is 11.6 Å². The van der Waals surface area contributed by atoms with Gasteiger partial charge in [-0.1, -0.05) is 17.7 Å². The Bertz CT molecular complexity index is 1210. The molecule has 2 heterocycles. The normalized spacial score (nSPS) is 15.7. The predicted octanol–water partition coefficient (Wildman–Crippen LogP) is 3.82. The molecule has 0 spiro atoms. The molecule has 0 fully saturated rings. The topological polar surface area (TPSA) is 105 Å². The number of hydrogen-bond acceptors (Lipinski definition) is 6. The fraction of sp³-hybridized carbons (Fsp3) is 0.143. The number of amides is 1. The Hall–Kier alpha value is -3.70. The van der Waals surface area contributed by atoms with E-state index in [0.29, 0.717) is 16.3 Å². The van der Waals surface area contributed by atoms with Crippen LogP contribution in [0.2, 0.25) is 5.02 Å². The summed E-state index contributed by atoms with van der Waals surface area (Å²) in [5, 5.41) is 9.73. The number of aromatic nitrogens is 2. The molecule has 150 valence electrons. The van der Waals surface area contributed by atoms with Crippen LogP contribution in [0.5, 0.6) is 5.88 Å². The minimum atomic E-state index is -0.588. The Morgan fingerprint density at radius 1 is 1.27 bits per heavy atom. The maximum atomic E-state index is 15.0. The number of carbonyl (C=O) groups excluding carboxylic acids is 1. The quantitative estimate of drug-likeness (QED) is 0.671. The third-order valence-corrected chi connectivity index (χ3v) is 4.95. The Balaban J connectivity index is 1.77. The van der Waals surface area contributed by atoms with Crippen LogP contribution in [0.1, 0.15) is 22.8 Å². The first-order chi connectivity index (χ1) is 14.4. The Labute approximate surface area is 176 Å². The summed E-state index contributed by atoms with van der Waals surface area (Å²) in [5.41, 5.74) is 7.11. The van der Waals surface area contributed by atoms with Gasteiger partial charge in [-0.25, -0.2) is 14.4 Å².